The van der Waals surface area contributed by atoms with Crippen LogP contribution in [-0.4, -0.2) is 83.6 Å². The minimum atomic E-state index is 0.0369. The standard InChI is InChI=1S/C20H32N4O2/c1-17(2)24-12-13-26-19(16-24)14-20(25)23-9-3-8-22(10-11-23)15-18-4-6-21-7-5-18/h4-7,17,19H,3,8-16H2,1-2H3/t19-/m1/s1. The summed E-state index contributed by atoms with van der Waals surface area (Å²) in [5, 5.41) is 0. The number of hydrogen-bond acceptors (Lipinski definition) is 5. The molecule has 0 spiro atoms. The van der Waals surface area contributed by atoms with E-state index in [2.05, 4.69) is 40.8 Å². The van der Waals surface area contributed by atoms with E-state index in [-0.39, 0.29) is 12.0 Å². The van der Waals surface area contributed by atoms with Gasteiger partial charge in [0.05, 0.1) is 19.1 Å². The number of morpholine rings is 1. The highest BCUT2D eigenvalue weighted by Gasteiger charge is 2.27. The van der Waals surface area contributed by atoms with Crippen LogP contribution in [0.2, 0.25) is 0 Å². The summed E-state index contributed by atoms with van der Waals surface area (Å²) in [4.78, 5) is 23.7. The first-order valence-electron chi connectivity index (χ1n) is 9.86. The van der Waals surface area contributed by atoms with Gasteiger partial charge in [0.25, 0.3) is 0 Å². The van der Waals surface area contributed by atoms with Crippen LogP contribution in [0, 0.1) is 0 Å². The van der Waals surface area contributed by atoms with E-state index in [9.17, 15) is 4.79 Å². The summed E-state index contributed by atoms with van der Waals surface area (Å²) >= 11 is 0. The number of nitrogens with zero attached hydrogens (tertiary/aromatic N) is 4. The van der Waals surface area contributed by atoms with Crippen LogP contribution in [0.25, 0.3) is 0 Å². The first-order chi connectivity index (χ1) is 12.6. The molecule has 3 rings (SSSR count). The van der Waals surface area contributed by atoms with E-state index >= 15 is 0 Å². The summed E-state index contributed by atoms with van der Waals surface area (Å²) in [5.74, 6) is 0.242. The van der Waals surface area contributed by atoms with Crippen molar-refractivity contribution in [1.29, 1.82) is 0 Å². The van der Waals surface area contributed by atoms with Crippen molar-refractivity contribution < 1.29 is 9.53 Å². The molecule has 1 amide bonds. The van der Waals surface area contributed by atoms with Gasteiger partial charge in [-0.1, -0.05) is 0 Å². The molecule has 1 aromatic rings. The number of ether oxygens (including phenoxy) is 1. The van der Waals surface area contributed by atoms with E-state index in [1.807, 2.05) is 17.3 Å². The molecule has 0 unspecified atom stereocenters. The normalized spacial score (nSPS) is 23.2. The molecule has 6 heteroatoms. The molecule has 0 radical (unpaired) electrons. The lowest BCUT2D eigenvalue weighted by atomic mass is 10.1. The molecule has 144 valence electrons. The third-order valence-corrected chi connectivity index (χ3v) is 5.40. The lowest BCUT2D eigenvalue weighted by Gasteiger charge is -2.36. The molecule has 2 aliphatic heterocycles. The number of rotatable bonds is 5. The molecule has 0 bridgehead atoms. The first-order valence-corrected chi connectivity index (χ1v) is 9.86. The van der Waals surface area contributed by atoms with Crippen molar-refractivity contribution in [3.63, 3.8) is 0 Å². The van der Waals surface area contributed by atoms with Crippen LogP contribution in [0.3, 0.4) is 0 Å². The van der Waals surface area contributed by atoms with Crippen molar-refractivity contribution in [2.75, 3.05) is 45.9 Å². The summed E-state index contributed by atoms with van der Waals surface area (Å²) in [6.45, 7) is 11.5. The predicted octanol–water partition coefficient (Wildman–Crippen LogP) is 1.62. The summed E-state index contributed by atoms with van der Waals surface area (Å²) in [7, 11) is 0. The largest absolute Gasteiger partial charge is 0.375 e. The zero-order chi connectivity index (χ0) is 18.4. The first kappa shape index (κ1) is 19.3. The molecule has 0 aliphatic carbocycles. The van der Waals surface area contributed by atoms with Gasteiger partial charge in [0, 0.05) is 64.2 Å². The van der Waals surface area contributed by atoms with Crippen LogP contribution >= 0.6 is 0 Å². The van der Waals surface area contributed by atoms with Crippen LogP contribution in [0.4, 0.5) is 0 Å². The lowest BCUT2D eigenvalue weighted by Crippen LogP contribution is -2.47. The minimum Gasteiger partial charge on any atom is -0.375 e. The number of carbonyl (C=O) groups is 1. The van der Waals surface area contributed by atoms with Gasteiger partial charge in [-0.2, -0.15) is 0 Å². The minimum absolute atomic E-state index is 0.0369. The summed E-state index contributed by atoms with van der Waals surface area (Å²) in [6.07, 6.45) is 5.25. The van der Waals surface area contributed by atoms with Crippen LogP contribution < -0.4 is 0 Å². The van der Waals surface area contributed by atoms with E-state index < -0.39 is 0 Å². The Balaban J connectivity index is 1.46. The average molecular weight is 361 g/mol. The maximum absolute atomic E-state index is 12.8. The summed E-state index contributed by atoms with van der Waals surface area (Å²) in [6, 6.07) is 4.64. The second-order valence-electron chi connectivity index (χ2n) is 7.65. The van der Waals surface area contributed by atoms with Crippen LogP contribution in [0.15, 0.2) is 24.5 Å². The van der Waals surface area contributed by atoms with Crippen molar-refractivity contribution in [2.24, 2.45) is 0 Å². The molecular formula is C20H32N4O2. The van der Waals surface area contributed by atoms with Gasteiger partial charge in [-0.05, 0) is 38.0 Å². The molecule has 2 fully saturated rings. The second-order valence-corrected chi connectivity index (χ2v) is 7.65. The average Bonchev–Trinajstić information content (AvgIpc) is 2.88. The molecule has 0 N–H and O–H groups in total. The van der Waals surface area contributed by atoms with Gasteiger partial charge in [0.1, 0.15) is 0 Å². The summed E-state index contributed by atoms with van der Waals surface area (Å²) < 4.78 is 5.85. The fourth-order valence-electron chi connectivity index (χ4n) is 3.78. The predicted molar refractivity (Wildman–Crippen MR) is 102 cm³/mol. The fraction of sp³-hybridized carbons (Fsp3) is 0.700. The lowest BCUT2D eigenvalue weighted by molar-refractivity contribution is -0.136. The Bertz CT molecular complexity index is 566. The maximum atomic E-state index is 12.8. The number of amides is 1. The van der Waals surface area contributed by atoms with Gasteiger partial charge in [-0.3, -0.25) is 19.6 Å². The molecule has 1 atom stereocenters. The monoisotopic (exact) mass is 360 g/mol. The number of aromatic nitrogens is 1. The molecule has 0 saturated carbocycles. The Labute approximate surface area is 157 Å². The van der Waals surface area contributed by atoms with E-state index in [0.29, 0.717) is 12.5 Å². The zero-order valence-corrected chi connectivity index (χ0v) is 16.1. The van der Waals surface area contributed by atoms with Crippen molar-refractivity contribution >= 4 is 5.91 Å². The second kappa shape index (κ2) is 9.44. The van der Waals surface area contributed by atoms with Crippen LogP contribution in [0.1, 0.15) is 32.3 Å². The Morgan fingerprint density at radius 2 is 2.00 bits per heavy atom. The Hall–Kier alpha value is -1.50. The van der Waals surface area contributed by atoms with Gasteiger partial charge < -0.3 is 9.64 Å². The van der Waals surface area contributed by atoms with Gasteiger partial charge in [0.2, 0.25) is 5.91 Å². The van der Waals surface area contributed by atoms with E-state index in [4.69, 9.17) is 4.74 Å². The third kappa shape index (κ3) is 5.50. The van der Waals surface area contributed by atoms with Crippen molar-refractivity contribution in [1.82, 2.24) is 19.7 Å². The molecule has 3 heterocycles. The highest BCUT2D eigenvalue weighted by atomic mass is 16.5. The number of hydrogen-bond donors (Lipinski definition) is 0. The van der Waals surface area contributed by atoms with Gasteiger partial charge in [-0.25, -0.2) is 0 Å². The SMILES string of the molecule is CC(C)N1CCO[C@H](CC(=O)N2CCCN(Cc3ccncc3)CC2)C1. The van der Waals surface area contributed by atoms with Crippen molar-refractivity contribution in [3.8, 4) is 0 Å². The maximum Gasteiger partial charge on any atom is 0.225 e. The van der Waals surface area contributed by atoms with Crippen LogP contribution in [-0.2, 0) is 16.1 Å². The topological polar surface area (TPSA) is 48.9 Å². The molecule has 26 heavy (non-hydrogen) atoms. The number of carbonyl (C=O) groups excluding carboxylic acids is 1. The number of pyridine rings is 1. The fourth-order valence-corrected chi connectivity index (χ4v) is 3.78. The van der Waals surface area contributed by atoms with Gasteiger partial charge in [-0.15, -0.1) is 0 Å². The Morgan fingerprint density at radius 3 is 2.77 bits per heavy atom. The Kier molecular flexibility index (Phi) is 7.00. The molecule has 1 aromatic heterocycles. The highest BCUT2D eigenvalue weighted by molar-refractivity contribution is 5.76. The van der Waals surface area contributed by atoms with Crippen molar-refractivity contribution in [3.05, 3.63) is 30.1 Å². The van der Waals surface area contributed by atoms with Gasteiger partial charge in [0.15, 0.2) is 0 Å². The van der Waals surface area contributed by atoms with E-state index in [1.165, 1.54) is 5.56 Å². The third-order valence-electron chi connectivity index (χ3n) is 5.40. The Morgan fingerprint density at radius 1 is 1.19 bits per heavy atom. The molecule has 2 saturated heterocycles. The molecule has 2 aliphatic rings. The molecule has 6 nitrogen and oxygen atoms in total. The summed E-state index contributed by atoms with van der Waals surface area (Å²) in [5.41, 5.74) is 1.28. The van der Waals surface area contributed by atoms with E-state index in [0.717, 1.165) is 58.8 Å². The smallest absolute Gasteiger partial charge is 0.225 e. The van der Waals surface area contributed by atoms with Crippen molar-refractivity contribution in [2.45, 2.75) is 45.4 Å². The zero-order valence-electron chi connectivity index (χ0n) is 16.1. The van der Waals surface area contributed by atoms with E-state index in [1.54, 1.807) is 0 Å². The molecule has 0 aromatic carbocycles. The van der Waals surface area contributed by atoms with Crippen LogP contribution in [0.5, 0.6) is 0 Å². The highest BCUT2D eigenvalue weighted by Crippen LogP contribution is 2.14. The quantitative estimate of drug-likeness (QED) is 0.799. The molecular weight excluding hydrogens is 328 g/mol. The van der Waals surface area contributed by atoms with Gasteiger partial charge >= 0.3 is 0 Å².